The number of carbonyl (C=O) groups is 1. The Morgan fingerprint density at radius 3 is 3.06 bits per heavy atom. The lowest BCUT2D eigenvalue weighted by molar-refractivity contribution is -0.117. The molecule has 1 saturated heterocycles. The largest absolute Gasteiger partial charge is 0.408 e. The Balaban J connectivity index is 2.12. The molecular formula is C11H13N3O2. The molecule has 0 saturated carbocycles. The van der Waals surface area contributed by atoms with Gasteiger partial charge in [0.15, 0.2) is 0 Å². The number of aryl methyl sites for hydroxylation is 1. The first-order valence-corrected chi connectivity index (χ1v) is 5.33. The second-order valence-corrected chi connectivity index (χ2v) is 3.80. The van der Waals surface area contributed by atoms with Crippen LogP contribution in [0.3, 0.4) is 0 Å². The van der Waals surface area contributed by atoms with Crippen molar-refractivity contribution in [1.82, 2.24) is 10.2 Å². The van der Waals surface area contributed by atoms with Crippen LogP contribution < -0.4 is 4.90 Å². The molecule has 84 valence electrons. The summed E-state index contributed by atoms with van der Waals surface area (Å²) in [6, 6.07) is 0.270. The van der Waals surface area contributed by atoms with Gasteiger partial charge in [-0.3, -0.25) is 9.69 Å². The molecule has 1 unspecified atom stereocenters. The smallest absolute Gasteiger partial charge is 0.325 e. The predicted molar refractivity (Wildman–Crippen MR) is 57.6 cm³/mol. The van der Waals surface area contributed by atoms with Crippen molar-refractivity contribution in [2.45, 2.75) is 26.2 Å². The Labute approximate surface area is 93.8 Å². The van der Waals surface area contributed by atoms with Gasteiger partial charge in [0, 0.05) is 25.3 Å². The zero-order valence-electron chi connectivity index (χ0n) is 9.14. The van der Waals surface area contributed by atoms with Crippen molar-refractivity contribution in [2.24, 2.45) is 5.92 Å². The molecule has 0 aromatic carbocycles. The van der Waals surface area contributed by atoms with Crippen molar-refractivity contribution in [3.05, 3.63) is 5.89 Å². The van der Waals surface area contributed by atoms with Crippen LogP contribution in [0.15, 0.2) is 4.42 Å². The van der Waals surface area contributed by atoms with Crippen molar-refractivity contribution in [1.29, 1.82) is 0 Å². The van der Waals surface area contributed by atoms with E-state index in [0.29, 0.717) is 18.9 Å². The van der Waals surface area contributed by atoms with Gasteiger partial charge in [0.25, 0.3) is 0 Å². The molecule has 2 rings (SSSR count). The summed E-state index contributed by atoms with van der Waals surface area (Å²) in [5.74, 6) is 3.04. The Kier molecular flexibility index (Phi) is 2.91. The fraction of sp³-hybridized carbons (Fsp3) is 0.545. The van der Waals surface area contributed by atoms with E-state index in [1.807, 2.05) is 6.92 Å². The van der Waals surface area contributed by atoms with Gasteiger partial charge in [-0.15, -0.1) is 17.4 Å². The van der Waals surface area contributed by atoms with Crippen LogP contribution in [0.25, 0.3) is 0 Å². The van der Waals surface area contributed by atoms with E-state index in [2.05, 4.69) is 16.1 Å². The highest BCUT2D eigenvalue weighted by Crippen LogP contribution is 2.23. The van der Waals surface area contributed by atoms with Gasteiger partial charge in [0.05, 0.1) is 0 Å². The summed E-state index contributed by atoms with van der Waals surface area (Å²) in [6.07, 6.45) is 7.32. The van der Waals surface area contributed by atoms with Crippen molar-refractivity contribution < 1.29 is 9.21 Å². The molecule has 5 heteroatoms. The van der Waals surface area contributed by atoms with Gasteiger partial charge in [-0.25, -0.2) is 0 Å². The number of anilines is 1. The van der Waals surface area contributed by atoms with E-state index in [9.17, 15) is 4.79 Å². The van der Waals surface area contributed by atoms with Gasteiger partial charge in [0.2, 0.25) is 11.8 Å². The molecule has 16 heavy (non-hydrogen) atoms. The quantitative estimate of drug-likeness (QED) is 0.712. The highest BCUT2D eigenvalue weighted by atomic mass is 16.4. The molecule has 1 fully saturated rings. The minimum absolute atomic E-state index is 0.0466. The fourth-order valence-electron chi connectivity index (χ4n) is 1.67. The van der Waals surface area contributed by atoms with Crippen molar-refractivity contribution in [2.75, 3.05) is 11.4 Å². The zero-order chi connectivity index (χ0) is 11.5. The SMILES string of the molecule is C#CC1CC(=O)N(c2nnc(CCC)o2)C1. The second kappa shape index (κ2) is 4.35. The first kappa shape index (κ1) is 10.7. The normalized spacial score (nSPS) is 20.1. The molecule has 0 aliphatic carbocycles. The van der Waals surface area contributed by atoms with Crippen LogP contribution in [0, 0.1) is 18.3 Å². The summed E-state index contributed by atoms with van der Waals surface area (Å²) >= 11 is 0. The summed E-state index contributed by atoms with van der Waals surface area (Å²) in [6.45, 7) is 2.50. The van der Waals surface area contributed by atoms with Crippen molar-refractivity contribution >= 4 is 11.9 Å². The monoisotopic (exact) mass is 219 g/mol. The van der Waals surface area contributed by atoms with E-state index in [0.717, 1.165) is 12.8 Å². The minimum atomic E-state index is -0.0472. The summed E-state index contributed by atoms with van der Waals surface area (Å²) in [5.41, 5.74) is 0. The molecule has 1 aliphatic heterocycles. The van der Waals surface area contributed by atoms with Crippen LogP contribution >= 0.6 is 0 Å². The maximum Gasteiger partial charge on any atom is 0.325 e. The highest BCUT2D eigenvalue weighted by molar-refractivity contribution is 5.94. The van der Waals surface area contributed by atoms with E-state index in [1.165, 1.54) is 4.90 Å². The Bertz CT molecular complexity index is 433. The third kappa shape index (κ3) is 1.91. The number of terminal acetylenes is 1. The lowest BCUT2D eigenvalue weighted by atomic mass is 10.1. The van der Waals surface area contributed by atoms with Crippen LogP contribution in [0.4, 0.5) is 6.01 Å². The molecule has 0 radical (unpaired) electrons. The lowest BCUT2D eigenvalue weighted by Crippen LogP contribution is -2.24. The van der Waals surface area contributed by atoms with E-state index >= 15 is 0 Å². The number of hydrogen-bond donors (Lipinski definition) is 0. The molecule has 1 amide bonds. The molecule has 1 atom stereocenters. The number of amides is 1. The molecule has 1 aromatic rings. The predicted octanol–water partition coefficient (Wildman–Crippen LogP) is 1.01. The van der Waals surface area contributed by atoms with Gasteiger partial charge in [-0.1, -0.05) is 12.0 Å². The average molecular weight is 219 g/mol. The van der Waals surface area contributed by atoms with Crippen LogP contribution in [-0.4, -0.2) is 22.6 Å². The van der Waals surface area contributed by atoms with Crippen LogP contribution in [0.1, 0.15) is 25.7 Å². The number of rotatable bonds is 3. The summed E-state index contributed by atoms with van der Waals surface area (Å²) in [7, 11) is 0. The Morgan fingerprint density at radius 2 is 2.44 bits per heavy atom. The third-order valence-electron chi connectivity index (χ3n) is 2.51. The van der Waals surface area contributed by atoms with Gasteiger partial charge in [0.1, 0.15) is 0 Å². The standard InChI is InChI=1S/C11H13N3O2/c1-3-5-9-12-13-11(16-9)14-7-8(4-2)6-10(14)15/h2,8H,3,5-7H2,1H3. The second-order valence-electron chi connectivity index (χ2n) is 3.80. The number of aromatic nitrogens is 2. The average Bonchev–Trinajstić information content (AvgIpc) is 2.85. The first-order valence-electron chi connectivity index (χ1n) is 5.33. The molecule has 0 N–H and O–H groups in total. The van der Waals surface area contributed by atoms with Gasteiger partial charge in [-0.05, 0) is 6.42 Å². The first-order chi connectivity index (χ1) is 7.74. The van der Waals surface area contributed by atoms with Crippen LogP contribution in [0.2, 0.25) is 0 Å². The minimum Gasteiger partial charge on any atom is -0.408 e. The number of hydrogen-bond acceptors (Lipinski definition) is 4. The van der Waals surface area contributed by atoms with E-state index < -0.39 is 0 Å². The number of carbonyl (C=O) groups excluding carboxylic acids is 1. The molecule has 5 nitrogen and oxygen atoms in total. The van der Waals surface area contributed by atoms with E-state index in [4.69, 9.17) is 10.8 Å². The lowest BCUT2D eigenvalue weighted by Gasteiger charge is -2.08. The molecule has 2 heterocycles. The highest BCUT2D eigenvalue weighted by Gasteiger charge is 2.32. The van der Waals surface area contributed by atoms with E-state index in [1.54, 1.807) is 0 Å². The molecule has 1 aromatic heterocycles. The van der Waals surface area contributed by atoms with Gasteiger partial charge >= 0.3 is 6.01 Å². The Morgan fingerprint density at radius 1 is 1.62 bits per heavy atom. The maximum atomic E-state index is 11.6. The van der Waals surface area contributed by atoms with Gasteiger partial charge in [-0.2, -0.15) is 0 Å². The molecule has 0 bridgehead atoms. The third-order valence-corrected chi connectivity index (χ3v) is 2.51. The summed E-state index contributed by atoms with van der Waals surface area (Å²) in [5, 5.41) is 7.73. The molecule has 1 aliphatic rings. The summed E-state index contributed by atoms with van der Waals surface area (Å²) < 4.78 is 5.39. The van der Waals surface area contributed by atoms with Crippen molar-refractivity contribution in [3.63, 3.8) is 0 Å². The fourth-order valence-corrected chi connectivity index (χ4v) is 1.67. The van der Waals surface area contributed by atoms with Crippen LogP contribution in [0.5, 0.6) is 0 Å². The van der Waals surface area contributed by atoms with Crippen LogP contribution in [-0.2, 0) is 11.2 Å². The van der Waals surface area contributed by atoms with Crippen molar-refractivity contribution in [3.8, 4) is 12.3 Å². The van der Waals surface area contributed by atoms with Gasteiger partial charge < -0.3 is 4.42 Å². The zero-order valence-corrected chi connectivity index (χ0v) is 9.14. The maximum absolute atomic E-state index is 11.6. The summed E-state index contributed by atoms with van der Waals surface area (Å²) in [4.78, 5) is 13.1. The Hall–Kier alpha value is -1.83. The molecular weight excluding hydrogens is 206 g/mol. The topological polar surface area (TPSA) is 59.2 Å². The van der Waals surface area contributed by atoms with E-state index in [-0.39, 0.29) is 17.8 Å². The number of nitrogens with zero attached hydrogens (tertiary/aromatic N) is 3. The molecule has 0 spiro atoms.